The second-order valence-corrected chi connectivity index (χ2v) is 7.43. The molecule has 2 aromatic rings. The number of benzene rings is 1. The van der Waals surface area contributed by atoms with E-state index in [0.717, 1.165) is 30.3 Å². The first-order valence-corrected chi connectivity index (χ1v) is 8.79. The van der Waals surface area contributed by atoms with Crippen LogP contribution >= 0.6 is 0 Å². The van der Waals surface area contributed by atoms with Gasteiger partial charge in [-0.15, -0.1) is 10.2 Å². The molecule has 2 unspecified atom stereocenters. The number of piperidine rings is 1. The Morgan fingerprint density at radius 2 is 1.96 bits per heavy atom. The number of nitrogens with zero attached hydrogens (tertiary/aromatic N) is 3. The van der Waals surface area contributed by atoms with E-state index in [2.05, 4.69) is 29.1 Å². The van der Waals surface area contributed by atoms with Crippen LogP contribution in [0.3, 0.4) is 0 Å². The highest BCUT2D eigenvalue weighted by Crippen LogP contribution is 2.57. The SMILES string of the molecule is COc1ccc(-c2nnc(C3(C4CCN(C)CC4C)CC3)o2)cc1. The Kier molecular flexibility index (Phi) is 3.83. The zero-order valence-corrected chi connectivity index (χ0v) is 14.7. The molecule has 5 heteroatoms. The number of hydrogen-bond acceptors (Lipinski definition) is 5. The third-order valence-corrected chi connectivity index (χ3v) is 5.79. The molecule has 0 N–H and O–H groups in total. The lowest BCUT2D eigenvalue weighted by atomic mass is 9.75. The van der Waals surface area contributed by atoms with E-state index in [4.69, 9.17) is 9.15 Å². The first-order chi connectivity index (χ1) is 11.6. The number of likely N-dealkylation sites (tertiary alicyclic amines) is 1. The summed E-state index contributed by atoms with van der Waals surface area (Å²) in [5.41, 5.74) is 1.07. The summed E-state index contributed by atoms with van der Waals surface area (Å²) in [5.74, 6) is 3.60. The number of rotatable bonds is 4. The molecular weight excluding hydrogens is 302 g/mol. The molecule has 2 heterocycles. The summed E-state index contributed by atoms with van der Waals surface area (Å²) in [6, 6.07) is 7.78. The normalized spacial score (nSPS) is 26.3. The van der Waals surface area contributed by atoms with Crippen LogP contribution in [0.15, 0.2) is 28.7 Å². The van der Waals surface area contributed by atoms with Crippen LogP contribution in [-0.4, -0.2) is 42.3 Å². The first-order valence-electron chi connectivity index (χ1n) is 8.79. The Morgan fingerprint density at radius 1 is 1.21 bits per heavy atom. The molecule has 1 aliphatic heterocycles. The van der Waals surface area contributed by atoms with Crippen molar-refractivity contribution < 1.29 is 9.15 Å². The van der Waals surface area contributed by atoms with Crippen molar-refractivity contribution in [1.29, 1.82) is 0 Å². The van der Waals surface area contributed by atoms with Crippen molar-refractivity contribution in [3.8, 4) is 17.2 Å². The van der Waals surface area contributed by atoms with Gasteiger partial charge in [-0.05, 0) is 69.0 Å². The minimum Gasteiger partial charge on any atom is -0.497 e. The van der Waals surface area contributed by atoms with Gasteiger partial charge in [0.25, 0.3) is 0 Å². The van der Waals surface area contributed by atoms with Crippen LogP contribution in [0, 0.1) is 11.8 Å². The van der Waals surface area contributed by atoms with Gasteiger partial charge in [-0.2, -0.15) is 0 Å². The van der Waals surface area contributed by atoms with Crippen LogP contribution < -0.4 is 4.74 Å². The van der Waals surface area contributed by atoms with Gasteiger partial charge in [0.05, 0.1) is 12.5 Å². The van der Waals surface area contributed by atoms with Crippen molar-refractivity contribution >= 4 is 0 Å². The summed E-state index contributed by atoms with van der Waals surface area (Å²) >= 11 is 0. The van der Waals surface area contributed by atoms with Crippen molar-refractivity contribution in [3.63, 3.8) is 0 Å². The summed E-state index contributed by atoms with van der Waals surface area (Å²) in [4.78, 5) is 2.42. The van der Waals surface area contributed by atoms with Crippen molar-refractivity contribution in [2.24, 2.45) is 11.8 Å². The predicted molar refractivity (Wildman–Crippen MR) is 92.0 cm³/mol. The molecule has 1 aliphatic carbocycles. The fourth-order valence-corrected chi connectivity index (χ4v) is 4.33. The lowest BCUT2D eigenvalue weighted by Gasteiger charge is -2.38. The van der Waals surface area contributed by atoms with E-state index < -0.39 is 0 Å². The lowest BCUT2D eigenvalue weighted by Crippen LogP contribution is -2.41. The Labute approximate surface area is 143 Å². The summed E-state index contributed by atoms with van der Waals surface area (Å²) in [6.07, 6.45) is 3.57. The summed E-state index contributed by atoms with van der Waals surface area (Å²) in [5, 5.41) is 8.75. The third kappa shape index (κ3) is 2.61. The molecule has 0 amide bonds. The summed E-state index contributed by atoms with van der Waals surface area (Å²) in [7, 11) is 3.88. The molecular formula is C19H25N3O2. The van der Waals surface area contributed by atoms with E-state index in [0.29, 0.717) is 17.7 Å². The number of hydrogen-bond donors (Lipinski definition) is 0. The number of ether oxygens (including phenoxy) is 1. The minimum absolute atomic E-state index is 0.123. The number of aromatic nitrogens is 2. The van der Waals surface area contributed by atoms with Crippen molar-refractivity contribution in [1.82, 2.24) is 15.1 Å². The molecule has 1 aromatic carbocycles. The van der Waals surface area contributed by atoms with Gasteiger partial charge in [0, 0.05) is 12.1 Å². The maximum Gasteiger partial charge on any atom is 0.247 e. The van der Waals surface area contributed by atoms with Crippen LogP contribution in [-0.2, 0) is 5.41 Å². The topological polar surface area (TPSA) is 51.4 Å². The minimum atomic E-state index is 0.123. The molecule has 2 aliphatic rings. The molecule has 4 rings (SSSR count). The third-order valence-electron chi connectivity index (χ3n) is 5.79. The average molecular weight is 327 g/mol. The first kappa shape index (κ1) is 15.6. The second kappa shape index (κ2) is 5.88. The standard InChI is InChI=1S/C19H25N3O2/c1-13-12-22(2)11-8-16(13)19(9-10-19)18-21-20-17(24-18)14-4-6-15(23-3)7-5-14/h4-7,13,16H,8-12H2,1-3H3. The van der Waals surface area contributed by atoms with Crippen LogP contribution in [0.4, 0.5) is 0 Å². The van der Waals surface area contributed by atoms with Gasteiger partial charge in [-0.25, -0.2) is 0 Å². The molecule has 0 spiro atoms. The van der Waals surface area contributed by atoms with E-state index >= 15 is 0 Å². The van der Waals surface area contributed by atoms with Crippen molar-refractivity contribution in [3.05, 3.63) is 30.2 Å². The van der Waals surface area contributed by atoms with E-state index in [1.54, 1.807) is 7.11 Å². The van der Waals surface area contributed by atoms with Gasteiger partial charge in [0.2, 0.25) is 11.8 Å². The molecule has 24 heavy (non-hydrogen) atoms. The lowest BCUT2D eigenvalue weighted by molar-refractivity contribution is 0.116. The van der Waals surface area contributed by atoms with Crippen LogP contribution in [0.1, 0.15) is 32.1 Å². The van der Waals surface area contributed by atoms with E-state index in [1.807, 2.05) is 24.3 Å². The molecule has 1 saturated heterocycles. The van der Waals surface area contributed by atoms with E-state index in [9.17, 15) is 0 Å². The monoisotopic (exact) mass is 327 g/mol. The van der Waals surface area contributed by atoms with Crippen LogP contribution in [0.25, 0.3) is 11.5 Å². The van der Waals surface area contributed by atoms with Crippen LogP contribution in [0.2, 0.25) is 0 Å². The van der Waals surface area contributed by atoms with Crippen molar-refractivity contribution in [2.45, 2.75) is 31.6 Å². The highest BCUT2D eigenvalue weighted by Gasteiger charge is 2.56. The van der Waals surface area contributed by atoms with Crippen LogP contribution in [0.5, 0.6) is 5.75 Å². The Bertz CT molecular complexity index is 706. The molecule has 5 nitrogen and oxygen atoms in total. The zero-order valence-electron chi connectivity index (χ0n) is 14.7. The molecule has 1 saturated carbocycles. The van der Waals surface area contributed by atoms with Gasteiger partial charge >= 0.3 is 0 Å². The second-order valence-electron chi connectivity index (χ2n) is 7.43. The van der Waals surface area contributed by atoms with E-state index in [1.165, 1.54) is 19.3 Å². The number of methoxy groups -OCH3 is 1. The fourth-order valence-electron chi connectivity index (χ4n) is 4.33. The van der Waals surface area contributed by atoms with Gasteiger partial charge in [0.1, 0.15) is 5.75 Å². The predicted octanol–water partition coefficient (Wildman–Crippen LogP) is 3.36. The smallest absolute Gasteiger partial charge is 0.247 e. The van der Waals surface area contributed by atoms with Gasteiger partial charge in [0.15, 0.2) is 0 Å². The molecule has 1 aromatic heterocycles. The highest BCUT2D eigenvalue weighted by molar-refractivity contribution is 5.54. The van der Waals surface area contributed by atoms with E-state index in [-0.39, 0.29) is 5.41 Å². The summed E-state index contributed by atoms with van der Waals surface area (Å²) < 4.78 is 11.3. The molecule has 128 valence electrons. The summed E-state index contributed by atoms with van der Waals surface area (Å²) in [6.45, 7) is 4.68. The zero-order chi connectivity index (χ0) is 16.7. The highest BCUT2D eigenvalue weighted by atomic mass is 16.5. The molecule has 2 fully saturated rings. The Balaban J connectivity index is 1.57. The maximum atomic E-state index is 6.12. The average Bonchev–Trinajstić information content (AvgIpc) is 3.23. The Morgan fingerprint density at radius 3 is 2.58 bits per heavy atom. The van der Waals surface area contributed by atoms with Gasteiger partial charge < -0.3 is 14.1 Å². The maximum absolute atomic E-state index is 6.12. The molecule has 2 atom stereocenters. The quantitative estimate of drug-likeness (QED) is 0.862. The van der Waals surface area contributed by atoms with Gasteiger partial charge in [-0.1, -0.05) is 6.92 Å². The fraction of sp³-hybridized carbons (Fsp3) is 0.579. The largest absolute Gasteiger partial charge is 0.497 e. The van der Waals surface area contributed by atoms with Crippen molar-refractivity contribution in [2.75, 3.05) is 27.2 Å². The van der Waals surface area contributed by atoms with Gasteiger partial charge in [-0.3, -0.25) is 0 Å². The molecule has 0 bridgehead atoms. The Hall–Kier alpha value is -1.88. The molecule has 0 radical (unpaired) electrons.